The summed E-state index contributed by atoms with van der Waals surface area (Å²) in [4.78, 5) is 10.1. The van der Waals surface area contributed by atoms with Crippen LogP contribution in [0, 0.1) is 6.92 Å². The van der Waals surface area contributed by atoms with Gasteiger partial charge in [0.2, 0.25) is 0 Å². The summed E-state index contributed by atoms with van der Waals surface area (Å²) in [5.41, 5.74) is 0. The molecule has 0 fully saturated rings. The largest absolute Gasteiger partial charge is 0.497 e. The fourth-order valence-electron chi connectivity index (χ4n) is 2.10. The Morgan fingerprint density at radius 2 is 1.96 bits per heavy atom. The molecule has 6 nitrogen and oxygen atoms in total. The van der Waals surface area contributed by atoms with Crippen LogP contribution < -0.4 is 20.1 Å². The lowest BCUT2D eigenvalue weighted by Gasteiger charge is -2.11. The van der Waals surface area contributed by atoms with Crippen LogP contribution in [-0.4, -0.2) is 37.7 Å². The third kappa shape index (κ3) is 7.01. The van der Waals surface area contributed by atoms with Crippen molar-refractivity contribution in [1.29, 1.82) is 0 Å². The van der Waals surface area contributed by atoms with Crippen molar-refractivity contribution in [1.82, 2.24) is 15.6 Å². The number of nitrogens with one attached hydrogen (secondary N) is 2. The van der Waals surface area contributed by atoms with Crippen molar-refractivity contribution in [3.05, 3.63) is 40.3 Å². The highest BCUT2D eigenvalue weighted by Crippen LogP contribution is 2.17. The second kappa shape index (κ2) is 10.6. The fraction of sp³-hybridized carbons (Fsp3) is 0.444. The lowest BCUT2D eigenvalue weighted by atomic mass is 10.3. The van der Waals surface area contributed by atoms with Crippen molar-refractivity contribution in [3.8, 4) is 11.5 Å². The van der Waals surface area contributed by atoms with Gasteiger partial charge in [0.05, 0.1) is 20.3 Å². The summed E-state index contributed by atoms with van der Waals surface area (Å²) in [6.45, 7) is 6.96. The molecule has 2 N–H and O–H groups in total. The Hall–Kier alpha value is -2.28. The van der Waals surface area contributed by atoms with E-state index in [1.54, 1.807) is 18.4 Å². The zero-order valence-electron chi connectivity index (χ0n) is 15.0. The third-order valence-corrected chi connectivity index (χ3v) is 4.23. The quantitative estimate of drug-likeness (QED) is 0.408. The minimum absolute atomic E-state index is 0.593. The standard InChI is InChI=1S/C18H26N4O2S/c1-4-19-18(22-13-17-21-12-14(2)25-17)20-10-5-11-24-16-8-6-15(23-3)7-9-16/h6-9,12H,4-5,10-11,13H2,1-3H3,(H2,19,20,22). The van der Waals surface area contributed by atoms with Gasteiger partial charge in [0.25, 0.3) is 0 Å². The minimum atomic E-state index is 0.593. The highest BCUT2D eigenvalue weighted by molar-refractivity contribution is 7.11. The van der Waals surface area contributed by atoms with E-state index in [4.69, 9.17) is 9.47 Å². The molecule has 1 aromatic carbocycles. The van der Waals surface area contributed by atoms with Gasteiger partial charge in [-0.05, 0) is 44.5 Å². The lowest BCUT2D eigenvalue weighted by Crippen LogP contribution is -2.38. The zero-order valence-corrected chi connectivity index (χ0v) is 15.9. The molecule has 0 radical (unpaired) electrons. The summed E-state index contributed by atoms with van der Waals surface area (Å²) in [6.07, 6.45) is 2.76. The second-order valence-corrected chi connectivity index (χ2v) is 6.68. The summed E-state index contributed by atoms with van der Waals surface area (Å²) in [6, 6.07) is 7.61. The molecule has 1 aromatic heterocycles. The number of aliphatic imine (C=N–C) groups is 1. The SMILES string of the molecule is CCNC(=NCc1ncc(C)s1)NCCCOc1ccc(OC)cc1. The van der Waals surface area contributed by atoms with E-state index in [9.17, 15) is 0 Å². The molecule has 0 atom stereocenters. The summed E-state index contributed by atoms with van der Waals surface area (Å²) in [5, 5.41) is 7.59. The average Bonchev–Trinajstić information content (AvgIpc) is 3.05. The Kier molecular flexibility index (Phi) is 8.04. The van der Waals surface area contributed by atoms with Gasteiger partial charge in [-0.3, -0.25) is 0 Å². The number of guanidine groups is 1. The van der Waals surface area contributed by atoms with Gasteiger partial charge in [-0.25, -0.2) is 9.98 Å². The van der Waals surface area contributed by atoms with Crippen LogP contribution in [0.15, 0.2) is 35.5 Å². The molecule has 2 rings (SSSR count). The first-order valence-corrected chi connectivity index (χ1v) is 9.23. The first kappa shape index (κ1) is 19.1. The molecule has 0 amide bonds. The predicted octanol–water partition coefficient (Wildman–Crippen LogP) is 2.98. The van der Waals surface area contributed by atoms with E-state index in [-0.39, 0.29) is 0 Å². The molecule has 0 aliphatic heterocycles. The molecule has 0 aliphatic rings. The Labute approximate surface area is 153 Å². The molecule has 0 aliphatic carbocycles. The molecule has 25 heavy (non-hydrogen) atoms. The first-order valence-electron chi connectivity index (χ1n) is 8.41. The first-order chi connectivity index (χ1) is 12.2. The fourth-order valence-corrected chi connectivity index (χ4v) is 2.82. The molecule has 136 valence electrons. The van der Waals surface area contributed by atoms with Crippen molar-refractivity contribution >= 4 is 17.3 Å². The number of nitrogens with zero attached hydrogens (tertiary/aromatic N) is 2. The topological polar surface area (TPSA) is 67.8 Å². The van der Waals surface area contributed by atoms with E-state index >= 15 is 0 Å². The molecule has 0 spiro atoms. The number of aromatic nitrogens is 1. The zero-order chi connectivity index (χ0) is 17.9. The molecule has 2 aromatic rings. The van der Waals surface area contributed by atoms with E-state index in [1.165, 1.54) is 4.88 Å². The molecule has 1 heterocycles. The smallest absolute Gasteiger partial charge is 0.191 e. The number of methoxy groups -OCH3 is 1. The predicted molar refractivity (Wildman–Crippen MR) is 103 cm³/mol. The monoisotopic (exact) mass is 362 g/mol. The van der Waals surface area contributed by atoms with Crippen LogP contribution in [0.3, 0.4) is 0 Å². The number of hydrogen-bond donors (Lipinski definition) is 2. The molecule has 7 heteroatoms. The van der Waals surface area contributed by atoms with Crippen molar-refractivity contribution in [2.24, 2.45) is 4.99 Å². The van der Waals surface area contributed by atoms with E-state index in [0.717, 1.165) is 42.0 Å². The van der Waals surface area contributed by atoms with Gasteiger partial charge in [0.15, 0.2) is 5.96 Å². The van der Waals surface area contributed by atoms with Crippen LogP contribution in [-0.2, 0) is 6.54 Å². The van der Waals surface area contributed by atoms with Crippen molar-refractivity contribution in [2.75, 3.05) is 26.8 Å². The maximum atomic E-state index is 5.72. The van der Waals surface area contributed by atoms with Crippen LogP contribution in [0.25, 0.3) is 0 Å². The maximum Gasteiger partial charge on any atom is 0.191 e. The van der Waals surface area contributed by atoms with Crippen LogP contribution in [0.2, 0.25) is 0 Å². The van der Waals surface area contributed by atoms with Crippen molar-refractivity contribution < 1.29 is 9.47 Å². The highest BCUT2D eigenvalue weighted by Gasteiger charge is 2.01. The van der Waals surface area contributed by atoms with Gasteiger partial charge in [-0.15, -0.1) is 11.3 Å². The lowest BCUT2D eigenvalue weighted by molar-refractivity contribution is 0.310. The van der Waals surface area contributed by atoms with Gasteiger partial charge >= 0.3 is 0 Å². The van der Waals surface area contributed by atoms with Gasteiger partial charge in [-0.1, -0.05) is 0 Å². The Morgan fingerprint density at radius 1 is 1.20 bits per heavy atom. The Balaban J connectivity index is 1.69. The molecule has 0 saturated heterocycles. The van der Waals surface area contributed by atoms with E-state index in [0.29, 0.717) is 13.2 Å². The number of aryl methyl sites for hydroxylation is 1. The van der Waals surface area contributed by atoms with Gasteiger partial charge in [-0.2, -0.15) is 0 Å². The summed E-state index contributed by atoms with van der Waals surface area (Å²) >= 11 is 1.68. The number of ether oxygens (including phenoxy) is 2. The van der Waals surface area contributed by atoms with E-state index in [1.807, 2.05) is 30.5 Å². The van der Waals surface area contributed by atoms with Crippen LogP contribution in [0.4, 0.5) is 0 Å². The Bertz CT molecular complexity index is 655. The number of hydrogen-bond acceptors (Lipinski definition) is 5. The number of thiazole rings is 1. The second-order valence-electron chi connectivity index (χ2n) is 5.36. The van der Waals surface area contributed by atoms with Gasteiger partial charge in [0.1, 0.15) is 16.5 Å². The minimum Gasteiger partial charge on any atom is -0.497 e. The van der Waals surface area contributed by atoms with E-state index in [2.05, 4.69) is 34.5 Å². The maximum absolute atomic E-state index is 5.72. The number of benzene rings is 1. The Morgan fingerprint density at radius 3 is 2.60 bits per heavy atom. The van der Waals surface area contributed by atoms with Crippen LogP contribution in [0.1, 0.15) is 23.2 Å². The average molecular weight is 362 g/mol. The normalized spacial score (nSPS) is 11.2. The third-order valence-electron chi connectivity index (χ3n) is 3.33. The van der Waals surface area contributed by atoms with Gasteiger partial charge < -0.3 is 20.1 Å². The molecular weight excluding hydrogens is 336 g/mol. The van der Waals surface area contributed by atoms with E-state index < -0.39 is 0 Å². The number of rotatable bonds is 9. The summed E-state index contributed by atoms with van der Waals surface area (Å²) < 4.78 is 10.8. The molecule has 0 saturated carbocycles. The molecule has 0 bridgehead atoms. The summed E-state index contributed by atoms with van der Waals surface area (Å²) in [7, 11) is 1.65. The van der Waals surface area contributed by atoms with Crippen LogP contribution in [0.5, 0.6) is 11.5 Å². The van der Waals surface area contributed by atoms with Crippen molar-refractivity contribution in [3.63, 3.8) is 0 Å². The van der Waals surface area contributed by atoms with Crippen LogP contribution >= 0.6 is 11.3 Å². The highest BCUT2D eigenvalue weighted by atomic mass is 32.1. The van der Waals surface area contributed by atoms with Crippen molar-refractivity contribution in [2.45, 2.75) is 26.8 Å². The summed E-state index contributed by atoms with van der Waals surface area (Å²) in [5.74, 6) is 2.48. The molecule has 0 unspecified atom stereocenters. The molecular formula is C18H26N4O2S. The van der Waals surface area contributed by atoms with Gasteiger partial charge in [0, 0.05) is 24.2 Å².